The van der Waals surface area contributed by atoms with Crippen LogP contribution < -0.4 is 0 Å². The van der Waals surface area contributed by atoms with Crippen LogP contribution in [0, 0.1) is 0 Å². The smallest absolute Gasteiger partial charge is 0.0150 e. The number of benzene rings is 2. The lowest BCUT2D eigenvalue weighted by molar-refractivity contribution is 0.759. The summed E-state index contributed by atoms with van der Waals surface area (Å²) in [6.45, 7) is 8.28. The Morgan fingerprint density at radius 1 is 0.824 bits per heavy atom. The van der Waals surface area contributed by atoms with Crippen LogP contribution in [0.1, 0.15) is 24.0 Å². The van der Waals surface area contributed by atoms with Crippen LogP contribution in [0.5, 0.6) is 0 Å². The Bertz CT molecular complexity index is 403. The maximum absolute atomic E-state index is 3.00. The normalized spacial score (nSPS) is 11.1. The first-order valence-corrected chi connectivity index (χ1v) is 5.95. The molecule has 0 bridgehead atoms. The molecule has 2 aromatic carbocycles. The fourth-order valence-electron chi connectivity index (χ4n) is 1.87. The van der Waals surface area contributed by atoms with Crippen molar-refractivity contribution in [3.63, 3.8) is 0 Å². The van der Waals surface area contributed by atoms with Gasteiger partial charge >= 0.3 is 0 Å². The fraction of sp³-hybridized carbons (Fsp3) is 0.176. The monoisotopic (exact) mass is 224 g/mol. The van der Waals surface area contributed by atoms with E-state index in [1.165, 1.54) is 11.1 Å². The van der Waals surface area contributed by atoms with Crippen LogP contribution in [0.15, 0.2) is 73.8 Å². The predicted octanol–water partition coefficient (Wildman–Crippen LogP) is 4.84. The van der Waals surface area contributed by atoms with Crippen LogP contribution in [-0.2, 0) is 6.42 Å². The highest BCUT2D eigenvalue weighted by Gasteiger charge is 2.04. The molecule has 0 nitrogen and oxygen atoms in total. The molecule has 0 fully saturated rings. The molecule has 0 saturated carbocycles. The second-order valence-corrected chi connectivity index (χ2v) is 4.00. The van der Waals surface area contributed by atoms with Gasteiger partial charge in [0, 0.05) is 0 Å². The zero-order chi connectivity index (χ0) is 12.5. The minimum absolute atomic E-state index is 0.591. The summed E-state index contributed by atoms with van der Waals surface area (Å²) in [6.07, 6.45) is 1.12. The van der Waals surface area contributed by atoms with Crippen molar-refractivity contribution in [3.8, 4) is 0 Å². The Hall–Kier alpha value is -1.82. The zero-order valence-electron chi connectivity index (χ0n) is 10.5. The van der Waals surface area contributed by atoms with Crippen LogP contribution in [0.4, 0.5) is 0 Å². The summed E-state index contributed by atoms with van der Waals surface area (Å²) in [7, 11) is 0. The maximum atomic E-state index is 3.00. The number of rotatable bonds is 3. The highest BCUT2D eigenvalue weighted by molar-refractivity contribution is 5.23. The molecule has 0 aliphatic heterocycles. The van der Waals surface area contributed by atoms with E-state index in [0.717, 1.165) is 6.42 Å². The summed E-state index contributed by atoms with van der Waals surface area (Å²) in [5.41, 5.74) is 2.83. The molecule has 0 heterocycles. The molecule has 0 radical (unpaired) electrons. The van der Waals surface area contributed by atoms with Crippen molar-refractivity contribution in [1.29, 1.82) is 0 Å². The maximum Gasteiger partial charge on any atom is -0.0150 e. The average molecular weight is 224 g/mol. The molecule has 2 aromatic rings. The quantitative estimate of drug-likeness (QED) is 0.655. The second kappa shape index (κ2) is 7.45. The molecule has 0 aliphatic carbocycles. The van der Waals surface area contributed by atoms with E-state index in [4.69, 9.17) is 0 Å². The van der Waals surface area contributed by atoms with Gasteiger partial charge in [0.2, 0.25) is 0 Å². The van der Waals surface area contributed by atoms with E-state index < -0.39 is 0 Å². The van der Waals surface area contributed by atoms with Gasteiger partial charge in [0.1, 0.15) is 0 Å². The van der Waals surface area contributed by atoms with Crippen LogP contribution in [0.2, 0.25) is 0 Å². The molecule has 2 rings (SSSR count). The van der Waals surface area contributed by atoms with Crippen LogP contribution in [0.25, 0.3) is 0 Å². The van der Waals surface area contributed by atoms with Crippen molar-refractivity contribution >= 4 is 0 Å². The highest BCUT2D eigenvalue weighted by atomic mass is 14.1. The topological polar surface area (TPSA) is 0 Å². The predicted molar refractivity (Wildman–Crippen MR) is 76.3 cm³/mol. The van der Waals surface area contributed by atoms with Gasteiger partial charge in [-0.1, -0.05) is 67.6 Å². The van der Waals surface area contributed by atoms with Crippen molar-refractivity contribution in [3.05, 3.63) is 84.9 Å². The molecule has 88 valence electrons. The van der Waals surface area contributed by atoms with Crippen molar-refractivity contribution in [2.24, 2.45) is 0 Å². The van der Waals surface area contributed by atoms with Gasteiger partial charge in [0.25, 0.3) is 0 Å². The largest absolute Gasteiger partial charge is 0.106 e. The molecule has 0 N–H and O–H groups in total. The van der Waals surface area contributed by atoms with E-state index in [0.29, 0.717) is 5.92 Å². The van der Waals surface area contributed by atoms with E-state index in [9.17, 15) is 0 Å². The summed E-state index contributed by atoms with van der Waals surface area (Å²) >= 11 is 0. The Labute approximate surface area is 105 Å². The Balaban J connectivity index is 0.000000686. The van der Waals surface area contributed by atoms with E-state index >= 15 is 0 Å². The molecular weight excluding hydrogens is 204 g/mol. The molecular formula is C17H20. The molecule has 0 heteroatoms. The van der Waals surface area contributed by atoms with Crippen molar-refractivity contribution < 1.29 is 0 Å². The molecule has 0 amide bonds. The first-order chi connectivity index (χ1) is 8.36. The third-order valence-corrected chi connectivity index (χ3v) is 2.75. The first kappa shape index (κ1) is 13.2. The van der Waals surface area contributed by atoms with Crippen LogP contribution >= 0.6 is 0 Å². The zero-order valence-corrected chi connectivity index (χ0v) is 10.5. The van der Waals surface area contributed by atoms with Crippen LogP contribution in [-0.4, -0.2) is 0 Å². The lowest BCUT2D eigenvalue weighted by Crippen LogP contribution is -1.97. The minimum atomic E-state index is 0.591. The fourth-order valence-corrected chi connectivity index (χ4v) is 1.87. The van der Waals surface area contributed by atoms with Gasteiger partial charge in [-0.2, -0.15) is 0 Å². The summed E-state index contributed by atoms with van der Waals surface area (Å²) in [5.74, 6) is 0.591. The molecule has 0 saturated heterocycles. The van der Waals surface area contributed by atoms with E-state index in [2.05, 4.69) is 80.7 Å². The summed E-state index contributed by atoms with van der Waals surface area (Å²) in [4.78, 5) is 0. The first-order valence-electron chi connectivity index (χ1n) is 5.95. The van der Waals surface area contributed by atoms with Crippen molar-refractivity contribution in [2.45, 2.75) is 19.3 Å². The van der Waals surface area contributed by atoms with E-state index in [1.807, 2.05) is 0 Å². The highest BCUT2D eigenvalue weighted by Crippen LogP contribution is 2.19. The van der Waals surface area contributed by atoms with Gasteiger partial charge in [-0.25, -0.2) is 0 Å². The van der Waals surface area contributed by atoms with Crippen molar-refractivity contribution in [2.75, 3.05) is 0 Å². The Morgan fingerprint density at radius 2 is 1.29 bits per heavy atom. The molecule has 0 aromatic heterocycles. The number of hydrogen-bond acceptors (Lipinski definition) is 0. The molecule has 1 atom stereocenters. The second-order valence-electron chi connectivity index (χ2n) is 4.00. The van der Waals surface area contributed by atoms with Gasteiger partial charge in [-0.3, -0.25) is 0 Å². The average Bonchev–Trinajstić information content (AvgIpc) is 2.43. The van der Waals surface area contributed by atoms with Gasteiger partial charge < -0.3 is 0 Å². The third-order valence-electron chi connectivity index (χ3n) is 2.75. The summed E-state index contributed by atoms with van der Waals surface area (Å²) < 4.78 is 0. The lowest BCUT2D eigenvalue weighted by atomic mass is 9.94. The van der Waals surface area contributed by atoms with Crippen molar-refractivity contribution in [1.82, 2.24) is 0 Å². The van der Waals surface area contributed by atoms with E-state index in [-0.39, 0.29) is 0 Å². The molecule has 0 spiro atoms. The van der Waals surface area contributed by atoms with Gasteiger partial charge in [0.05, 0.1) is 0 Å². The molecule has 0 aliphatic rings. The standard InChI is InChI=1S/C15H16.C2H4/c1-13(15-10-6-3-7-11-15)12-14-8-4-2-5-9-14;1-2/h2-11,13H,12H2,1H3;1-2H2. The summed E-state index contributed by atoms with van der Waals surface area (Å²) in [5, 5.41) is 0. The van der Waals surface area contributed by atoms with Gasteiger partial charge in [0.15, 0.2) is 0 Å². The van der Waals surface area contributed by atoms with Crippen LogP contribution in [0.3, 0.4) is 0 Å². The van der Waals surface area contributed by atoms with E-state index in [1.54, 1.807) is 0 Å². The van der Waals surface area contributed by atoms with Gasteiger partial charge in [-0.05, 0) is 23.5 Å². The molecule has 1 unspecified atom stereocenters. The summed E-state index contributed by atoms with van der Waals surface area (Å²) in [6, 6.07) is 21.4. The molecule has 17 heavy (non-hydrogen) atoms. The van der Waals surface area contributed by atoms with Gasteiger partial charge in [-0.15, -0.1) is 13.2 Å². The number of hydrogen-bond donors (Lipinski definition) is 0. The Kier molecular flexibility index (Phi) is 5.81. The SMILES string of the molecule is C=C.CC(Cc1ccccc1)c1ccccc1. The lowest BCUT2D eigenvalue weighted by Gasteiger charge is -2.11. The minimum Gasteiger partial charge on any atom is -0.106 e. The Morgan fingerprint density at radius 3 is 1.82 bits per heavy atom. The third kappa shape index (κ3) is 4.28.